The zero-order chi connectivity index (χ0) is 20.8. The molecule has 7 nitrogen and oxygen atoms in total. The number of carbonyl (C=O) groups excluding carboxylic acids is 2. The van der Waals surface area contributed by atoms with Crippen LogP contribution in [0.5, 0.6) is 5.75 Å². The van der Waals surface area contributed by atoms with Gasteiger partial charge in [-0.3, -0.25) is 14.3 Å². The second-order valence-electron chi connectivity index (χ2n) is 6.65. The minimum absolute atomic E-state index is 0.162. The van der Waals surface area contributed by atoms with Gasteiger partial charge in [0.25, 0.3) is 5.91 Å². The van der Waals surface area contributed by atoms with Crippen molar-refractivity contribution in [3.05, 3.63) is 40.2 Å². The van der Waals surface area contributed by atoms with Crippen LogP contribution in [0.4, 0.5) is 5.69 Å². The van der Waals surface area contributed by atoms with Crippen LogP contribution in [0.3, 0.4) is 0 Å². The number of nitrogens with zero attached hydrogens (tertiary/aromatic N) is 2. The van der Waals surface area contributed by atoms with E-state index >= 15 is 0 Å². The number of halogens is 1. The Morgan fingerprint density at radius 1 is 1.29 bits per heavy atom. The normalized spacial score (nSPS) is 11.8. The molecule has 0 aliphatic rings. The molecular formula is C20H26ClN3O4. The van der Waals surface area contributed by atoms with Gasteiger partial charge in [0.15, 0.2) is 6.10 Å². The Labute approximate surface area is 170 Å². The number of nitrogens with one attached hydrogen (secondary N) is 1. The van der Waals surface area contributed by atoms with Crippen molar-refractivity contribution in [2.45, 2.75) is 46.6 Å². The maximum Gasteiger partial charge on any atom is 0.306 e. The van der Waals surface area contributed by atoms with Crippen molar-refractivity contribution in [3.8, 4) is 5.75 Å². The molecule has 1 N–H and O–H groups in total. The van der Waals surface area contributed by atoms with Gasteiger partial charge in [0.05, 0.1) is 23.7 Å². The van der Waals surface area contributed by atoms with Gasteiger partial charge < -0.3 is 14.8 Å². The first kappa shape index (κ1) is 21.8. The number of benzene rings is 1. The number of aromatic nitrogens is 2. The summed E-state index contributed by atoms with van der Waals surface area (Å²) < 4.78 is 12.5. The molecule has 1 aromatic heterocycles. The van der Waals surface area contributed by atoms with Crippen molar-refractivity contribution < 1.29 is 19.1 Å². The van der Waals surface area contributed by atoms with Crippen LogP contribution in [-0.4, -0.2) is 34.4 Å². The lowest BCUT2D eigenvalue weighted by molar-refractivity contribution is -0.153. The van der Waals surface area contributed by atoms with Crippen molar-refractivity contribution in [1.29, 1.82) is 0 Å². The summed E-state index contributed by atoms with van der Waals surface area (Å²) in [6.07, 6.45) is -0.253. The monoisotopic (exact) mass is 407 g/mol. The molecule has 8 heteroatoms. The fourth-order valence-corrected chi connectivity index (χ4v) is 2.72. The molecule has 0 saturated heterocycles. The van der Waals surface area contributed by atoms with Gasteiger partial charge in [0.2, 0.25) is 0 Å². The predicted molar refractivity (Wildman–Crippen MR) is 108 cm³/mol. The standard InChI is InChI=1S/C20H26ClN3O4/c1-12-11-16(8-9-17(12)21)27-10-6-7-18(25)28-15(4)20(26)22-19-13(2)23-24(5)14(19)3/h8-9,11,15H,6-7,10H2,1-5H3,(H,22,26)/t15-/m1/s1. The number of ether oxygens (including phenoxy) is 2. The van der Waals surface area contributed by atoms with Crippen molar-refractivity contribution >= 4 is 29.2 Å². The topological polar surface area (TPSA) is 82.4 Å². The van der Waals surface area contributed by atoms with Crippen LogP contribution in [-0.2, 0) is 21.4 Å². The predicted octanol–water partition coefficient (Wildman–Crippen LogP) is 3.73. The maximum atomic E-state index is 12.3. The van der Waals surface area contributed by atoms with Crippen molar-refractivity contribution in [2.24, 2.45) is 7.05 Å². The summed E-state index contributed by atoms with van der Waals surface area (Å²) in [7, 11) is 1.80. The molecule has 0 aliphatic carbocycles. The Morgan fingerprint density at radius 2 is 2.00 bits per heavy atom. The molecule has 0 radical (unpaired) electrons. The molecule has 2 aromatic rings. The van der Waals surface area contributed by atoms with Crippen LogP contribution >= 0.6 is 11.6 Å². The number of rotatable bonds is 8. The summed E-state index contributed by atoms with van der Waals surface area (Å²) in [5.74, 6) is -0.135. The molecular weight excluding hydrogens is 382 g/mol. The molecule has 0 bridgehead atoms. The molecule has 1 amide bonds. The summed E-state index contributed by atoms with van der Waals surface area (Å²) in [6, 6.07) is 5.39. The van der Waals surface area contributed by atoms with E-state index in [1.54, 1.807) is 30.8 Å². The van der Waals surface area contributed by atoms with Crippen LogP contribution in [0.15, 0.2) is 18.2 Å². The molecule has 0 unspecified atom stereocenters. The largest absolute Gasteiger partial charge is 0.494 e. The van der Waals surface area contributed by atoms with Gasteiger partial charge >= 0.3 is 5.97 Å². The SMILES string of the molecule is Cc1cc(OCCCC(=O)O[C@H](C)C(=O)Nc2c(C)nn(C)c2C)ccc1Cl. The Kier molecular flexibility index (Phi) is 7.45. The van der Waals surface area contributed by atoms with Crippen LogP contribution < -0.4 is 10.1 Å². The average Bonchev–Trinajstić information content (AvgIpc) is 2.87. The number of anilines is 1. The van der Waals surface area contributed by atoms with Gasteiger partial charge in [0.1, 0.15) is 5.75 Å². The van der Waals surface area contributed by atoms with Gasteiger partial charge in [0, 0.05) is 18.5 Å². The van der Waals surface area contributed by atoms with E-state index in [1.807, 2.05) is 26.8 Å². The van der Waals surface area contributed by atoms with E-state index in [1.165, 1.54) is 0 Å². The van der Waals surface area contributed by atoms with Crippen LogP contribution in [0.25, 0.3) is 0 Å². The molecule has 0 spiro atoms. The highest BCUT2D eigenvalue weighted by atomic mass is 35.5. The highest BCUT2D eigenvalue weighted by Crippen LogP contribution is 2.21. The Hall–Kier alpha value is -2.54. The fourth-order valence-electron chi connectivity index (χ4n) is 2.60. The summed E-state index contributed by atoms with van der Waals surface area (Å²) in [6.45, 7) is 7.47. The first-order chi connectivity index (χ1) is 13.2. The quantitative estimate of drug-likeness (QED) is 0.532. The van der Waals surface area contributed by atoms with E-state index < -0.39 is 12.1 Å². The third-order valence-electron chi connectivity index (χ3n) is 4.36. The number of amides is 1. The van der Waals surface area contributed by atoms with Crippen molar-refractivity contribution in [1.82, 2.24) is 9.78 Å². The van der Waals surface area contributed by atoms with Gasteiger partial charge in [-0.25, -0.2) is 0 Å². The van der Waals surface area contributed by atoms with E-state index in [0.29, 0.717) is 35.2 Å². The van der Waals surface area contributed by atoms with Crippen molar-refractivity contribution in [2.75, 3.05) is 11.9 Å². The van der Waals surface area contributed by atoms with E-state index in [4.69, 9.17) is 21.1 Å². The second kappa shape index (κ2) is 9.59. The van der Waals surface area contributed by atoms with Gasteiger partial charge in [-0.05, 0) is 57.9 Å². The van der Waals surface area contributed by atoms with E-state index in [9.17, 15) is 9.59 Å². The fraction of sp³-hybridized carbons (Fsp3) is 0.450. The minimum atomic E-state index is -0.897. The van der Waals surface area contributed by atoms with E-state index in [-0.39, 0.29) is 12.3 Å². The highest BCUT2D eigenvalue weighted by molar-refractivity contribution is 6.31. The number of carbonyl (C=O) groups is 2. The smallest absolute Gasteiger partial charge is 0.306 e. The summed E-state index contributed by atoms with van der Waals surface area (Å²) in [5.41, 5.74) is 3.11. The molecule has 1 atom stereocenters. The van der Waals surface area contributed by atoms with E-state index in [0.717, 1.165) is 11.3 Å². The number of hydrogen-bond acceptors (Lipinski definition) is 5. The van der Waals surface area contributed by atoms with Crippen LogP contribution in [0.2, 0.25) is 5.02 Å². The van der Waals surface area contributed by atoms with Gasteiger partial charge in [-0.1, -0.05) is 11.6 Å². The molecule has 0 saturated carbocycles. The zero-order valence-corrected chi connectivity index (χ0v) is 17.6. The molecule has 152 valence electrons. The lowest BCUT2D eigenvalue weighted by atomic mass is 10.2. The molecule has 1 heterocycles. The molecule has 0 aliphatic heterocycles. The maximum absolute atomic E-state index is 12.3. The molecule has 28 heavy (non-hydrogen) atoms. The van der Waals surface area contributed by atoms with E-state index in [2.05, 4.69) is 10.4 Å². The molecule has 2 rings (SSSR count). The molecule has 0 fully saturated rings. The zero-order valence-electron chi connectivity index (χ0n) is 16.8. The summed E-state index contributed by atoms with van der Waals surface area (Å²) in [4.78, 5) is 24.2. The number of esters is 1. The second-order valence-corrected chi connectivity index (χ2v) is 7.06. The number of hydrogen-bond donors (Lipinski definition) is 1. The van der Waals surface area contributed by atoms with Crippen LogP contribution in [0.1, 0.15) is 36.7 Å². The average molecular weight is 408 g/mol. The Morgan fingerprint density at radius 3 is 2.61 bits per heavy atom. The lowest BCUT2D eigenvalue weighted by Crippen LogP contribution is -2.30. The van der Waals surface area contributed by atoms with Gasteiger partial charge in [-0.2, -0.15) is 5.10 Å². The minimum Gasteiger partial charge on any atom is -0.494 e. The summed E-state index contributed by atoms with van der Waals surface area (Å²) in [5, 5.41) is 7.69. The first-order valence-electron chi connectivity index (χ1n) is 9.08. The Bertz CT molecular complexity index is 863. The number of aryl methyl sites for hydroxylation is 3. The Balaban J connectivity index is 1.74. The molecule has 1 aromatic carbocycles. The van der Waals surface area contributed by atoms with Gasteiger partial charge in [-0.15, -0.1) is 0 Å². The van der Waals surface area contributed by atoms with Crippen LogP contribution in [0, 0.1) is 20.8 Å². The third-order valence-corrected chi connectivity index (χ3v) is 4.78. The third kappa shape index (κ3) is 5.73. The first-order valence-corrected chi connectivity index (χ1v) is 9.46. The highest BCUT2D eigenvalue weighted by Gasteiger charge is 2.20. The van der Waals surface area contributed by atoms with Crippen molar-refractivity contribution in [3.63, 3.8) is 0 Å². The summed E-state index contributed by atoms with van der Waals surface area (Å²) >= 11 is 5.97. The lowest BCUT2D eigenvalue weighted by Gasteiger charge is -2.14.